The Kier molecular flexibility index (Phi) is 4.89. The van der Waals surface area contributed by atoms with Crippen molar-refractivity contribution in [2.45, 2.75) is 6.92 Å². The molecule has 5 nitrogen and oxygen atoms in total. The monoisotopic (exact) mass is 376 g/mol. The summed E-state index contributed by atoms with van der Waals surface area (Å²) in [6.07, 6.45) is 0. The Bertz CT molecular complexity index is 1050. The van der Waals surface area contributed by atoms with E-state index >= 15 is 0 Å². The largest absolute Gasteiger partial charge is 0.451 e. The lowest BCUT2D eigenvalue weighted by Crippen LogP contribution is -2.35. The number of carbonyl (C=O) groups excluding carboxylic acids is 2. The summed E-state index contributed by atoms with van der Waals surface area (Å²) >= 11 is 0. The van der Waals surface area contributed by atoms with E-state index < -0.39 is 41.5 Å². The molecule has 0 aliphatic carbocycles. The van der Waals surface area contributed by atoms with Crippen LogP contribution in [0.3, 0.4) is 0 Å². The van der Waals surface area contributed by atoms with E-state index in [1.165, 1.54) is 7.05 Å². The summed E-state index contributed by atoms with van der Waals surface area (Å²) in [5.74, 6) is -5.78. The molecule has 0 unspecified atom stereocenters. The number of rotatable bonds is 4. The highest BCUT2D eigenvalue weighted by Gasteiger charge is 2.23. The molecule has 3 rings (SSSR count). The van der Waals surface area contributed by atoms with E-state index in [0.29, 0.717) is 17.2 Å². The summed E-state index contributed by atoms with van der Waals surface area (Å²) in [6, 6.07) is 8.71. The third-order valence-electron chi connectivity index (χ3n) is 4.07. The molecule has 0 bridgehead atoms. The van der Waals surface area contributed by atoms with Crippen molar-refractivity contribution >= 4 is 28.5 Å². The van der Waals surface area contributed by atoms with Gasteiger partial charge in [0.1, 0.15) is 5.58 Å². The second-order valence-corrected chi connectivity index (χ2v) is 5.98. The van der Waals surface area contributed by atoms with Crippen molar-refractivity contribution in [1.82, 2.24) is 4.90 Å². The van der Waals surface area contributed by atoms with Gasteiger partial charge in [0.25, 0.3) is 5.91 Å². The summed E-state index contributed by atoms with van der Waals surface area (Å²) in [6.45, 7) is 1.29. The van der Waals surface area contributed by atoms with Gasteiger partial charge in [-0.15, -0.1) is 0 Å². The van der Waals surface area contributed by atoms with Gasteiger partial charge in [0.15, 0.2) is 23.2 Å². The highest BCUT2D eigenvalue weighted by atomic mass is 19.2. The summed E-state index contributed by atoms with van der Waals surface area (Å²) in [7, 11) is 1.37. The number of hydrogen-bond acceptors (Lipinski definition) is 3. The third-order valence-corrected chi connectivity index (χ3v) is 4.07. The van der Waals surface area contributed by atoms with Crippen LogP contribution in [-0.2, 0) is 4.79 Å². The molecule has 2 amide bonds. The first-order valence-corrected chi connectivity index (χ1v) is 7.96. The van der Waals surface area contributed by atoms with Gasteiger partial charge >= 0.3 is 0 Å². The van der Waals surface area contributed by atoms with Gasteiger partial charge in [-0.2, -0.15) is 0 Å². The molecule has 2 aromatic carbocycles. The quantitative estimate of drug-likeness (QED) is 0.703. The van der Waals surface area contributed by atoms with E-state index in [4.69, 9.17) is 4.42 Å². The van der Waals surface area contributed by atoms with Gasteiger partial charge in [-0.3, -0.25) is 9.59 Å². The van der Waals surface area contributed by atoms with Crippen LogP contribution in [0, 0.1) is 24.4 Å². The predicted molar refractivity (Wildman–Crippen MR) is 92.9 cm³/mol. The highest BCUT2D eigenvalue weighted by molar-refractivity contribution is 6.01. The van der Waals surface area contributed by atoms with Crippen LogP contribution in [0.15, 0.2) is 40.8 Å². The molecule has 0 aliphatic rings. The van der Waals surface area contributed by atoms with Gasteiger partial charge in [0, 0.05) is 18.0 Å². The number of nitrogens with zero attached hydrogens (tertiary/aromatic N) is 1. The van der Waals surface area contributed by atoms with Gasteiger partial charge in [0.05, 0.1) is 12.2 Å². The van der Waals surface area contributed by atoms with Crippen LogP contribution in [-0.4, -0.2) is 30.3 Å². The lowest BCUT2D eigenvalue weighted by atomic mass is 10.1. The zero-order valence-electron chi connectivity index (χ0n) is 14.5. The SMILES string of the molecule is Cc1c(C(=O)N(C)CC(=O)Nc2ccc(F)c(F)c2F)oc2ccccc12. The second kappa shape index (κ2) is 7.14. The Labute approximate surface area is 152 Å². The van der Waals surface area contributed by atoms with E-state index in [-0.39, 0.29) is 5.76 Å². The van der Waals surface area contributed by atoms with Gasteiger partial charge in [-0.1, -0.05) is 18.2 Å². The molecule has 0 saturated heterocycles. The lowest BCUT2D eigenvalue weighted by molar-refractivity contribution is -0.116. The van der Waals surface area contributed by atoms with Crippen LogP contribution in [0.4, 0.5) is 18.9 Å². The minimum atomic E-state index is -1.69. The van der Waals surface area contributed by atoms with Crippen molar-refractivity contribution in [2.24, 2.45) is 0 Å². The van der Waals surface area contributed by atoms with E-state index in [0.717, 1.165) is 16.4 Å². The normalized spacial score (nSPS) is 10.9. The van der Waals surface area contributed by atoms with E-state index in [1.807, 2.05) is 12.1 Å². The average molecular weight is 376 g/mol. The van der Waals surface area contributed by atoms with Gasteiger partial charge in [0.2, 0.25) is 5.91 Å². The molecule has 1 N–H and O–H groups in total. The molecule has 0 saturated carbocycles. The molecular formula is C19H15F3N2O3. The molecule has 3 aromatic rings. The van der Waals surface area contributed by atoms with Gasteiger partial charge in [-0.05, 0) is 25.1 Å². The number of anilines is 1. The maximum Gasteiger partial charge on any atom is 0.290 e. The fourth-order valence-electron chi connectivity index (χ4n) is 2.65. The highest BCUT2D eigenvalue weighted by Crippen LogP contribution is 2.26. The molecular weight excluding hydrogens is 361 g/mol. The summed E-state index contributed by atoms with van der Waals surface area (Å²) < 4.78 is 45.3. The number of benzene rings is 2. The number of aryl methyl sites for hydroxylation is 1. The van der Waals surface area contributed by atoms with Crippen molar-refractivity contribution in [3.63, 3.8) is 0 Å². The summed E-state index contributed by atoms with van der Waals surface area (Å²) in [4.78, 5) is 25.7. The number of furan rings is 1. The van der Waals surface area contributed by atoms with Crippen molar-refractivity contribution in [2.75, 3.05) is 18.9 Å². The molecule has 8 heteroatoms. The van der Waals surface area contributed by atoms with Crippen LogP contribution < -0.4 is 5.32 Å². The zero-order valence-corrected chi connectivity index (χ0v) is 14.5. The molecule has 27 heavy (non-hydrogen) atoms. The first-order chi connectivity index (χ1) is 12.8. The zero-order chi connectivity index (χ0) is 19.7. The number of hydrogen-bond donors (Lipinski definition) is 1. The third kappa shape index (κ3) is 3.51. The maximum absolute atomic E-state index is 13.6. The molecule has 1 aromatic heterocycles. The fraction of sp³-hybridized carbons (Fsp3) is 0.158. The Morgan fingerprint density at radius 3 is 2.48 bits per heavy atom. The standard InChI is InChI=1S/C19H15F3N2O3/c1-10-11-5-3-4-6-14(11)27-18(10)19(26)24(2)9-15(25)23-13-8-7-12(20)16(21)17(13)22/h3-8H,9H2,1-2H3,(H,23,25). The molecule has 0 radical (unpaired) electrons. The van der Waals surface area contributed by atoms with E-state index in [9.17, 15) is 22.8 Å². The summed E-state index contributed by atoms with van der Waals surface area (Å²) in [5.41, 5.74) is 0.661. The van der Waals surface area contributed by atoms with Gasteiger partial charge < -0.3 is 14.6 Å². The van der Waals surface area contributed by atoms with Crippen molar-refractivity contribution in [3.8, 4) is 0 Å². The first kappa shape index (κ1) is 18.5. The van der Waals surface area contributed by atoms with E-state index in [2.05, 4.69) is 5.32 Å². The number of amides is 2. The average Bonchev–Trinajstić information content (AvgIpc) is 2.98. The van der Waals surface area contributed by atoms with Crippen molar-refractivity contribution < 1.29 is 27.2 Å². The number of likely N-dealkylation sites (N-methyl/N-ethyl adjacent to an activating group) is 1. The second-order valence-electron chi connectivity index (χ2n) is 5.98. The fourth-order valence-corrected chi connectivity index (χ4v) is 2.65. The van der Waals surface area contributed by atoms with Crippen LogP contribution >= 0.6 is 0 Å². The minimum Gasteiger partial charge on any atom is -0.451 e. The smallest absolute Gasteiger partial charge is 0.290 e. The molecule has 0 aliphatic heterocycles. The first-order valence-electron chi connectivity index (χ1n) is 7.96. The molecule has 0 spiro atoms. The molecule has 0 atom stereocenters. The van der Waals surface area contributed by atoms with Crippen molar-refractivity contribution in [3.05, 3.63) is 65.2 Å². The van der Waals surface area contributed by atoms with E-state index in [1.54, 1.807) is 19.1 Å². The Morgan fingerprint density at radius 2 is 1.78 bits per heavy atom. The Balaban J connectivity index is 1.73. The Morgan fingerprint density at radius 1 is 1.07 bits per heavy atom. The number of halogens is 3. The molecule has 0 fully saturated rings. The van der Waals surface area contributed by atoms with Crippen LogP contribution in [0.1, 0.15) is 16.1 Å². The molecule has 140 valence electrons. The van der Waals surface area contributed by atoms with Crippen LogP contribution in [0.5, 0.6) is 0 Å². The number of nitrogens with one attached hydrogen (secondary N) is 1. The van der Waals surface area contributed by atoms with Crippen LogP contribution in [0.25, 0.3) is 11.0 Å². The molecule has 1 heterocycles. The van der Waals surface area contributed by atoms with Crippen LogP contribution in [0.2, 0.25) is 0 Å². The number of fused-ring (bicyclic) bond motifs is 1. The van der Waals surface area contributed by atoms with Crippen molar-refractivity contribution in [1.29, 1.82) is 0 Å². The maximum atomic E-state index is 13.6. The van der Waals surface area contributed by atoms with Gasteiger partial charge in [-0.25, -0.2) is 13.2 Å². The number of carbonyl (C=O) groups is 2. The minimum absolute atomic E-state index is 0.0884. The number of para-hydroxylation sites is 1. The summed E-state index contributed by atoms with van der Waals surface area (Å²) in [5, 5.41) is 2.89. The topological polar surface area (TPSA) is 62.6 Å². The Hall–Kier alpha value is -3.29. The predicted octanol–water partition coefficient (Wildman–Crippen LogP) is 3.87. The lowest BCUT2D eigenvalue weighted by Gasteiger charge is -2.16.